The van der Waals surface area contributed by atoms with Crippen molar-refractivity contribution in [3.63, 3.8) is 0 Å². The molecule has 0 atom stereocenters. The zero-order chi connectivity index (χ0) is 8.43. The van der Waals surface area contributed by atoms with Crippen LogP contribution in [0.3, 0.4) is 0 Å². The third-order valence-corrected chi connectivity index (χ3v) is 5.45. The van der Waals surface area contributed by atoms with Gasteiger partial charge in [-0.3, -0.25) is 0 Å². The fourth-order valence-corrected chi connectivity index (χ4v) is 4.18. The quantitative estimate of drug-likeness (QED) is 0.692. The summed E-state index contributed by atoms with van der Waals surface area (Å²) in [5.41, 5.74) is 3.11. The fraction of sp³-hybridized carbons (Fsp3) is 0.500. The van der Waals surface area contributed by atoms with Gasteiger partial charge in [0.1, 0.15) is 0 Å². The minimum atomic E-state index is -0.283. The summed E-state index contributed by atoms with van der Waals surface area (Å²) in [6.07, 6.45) is 3.63. The second-order valence-electron chi connectivity index (χ2n) is 3.32. The maximum Gasteiger partial charge on any atom is -0.147 e. The van der Waals surface area contributed by atoms with E-state index in [9.17, 15) is 0 Å². The van der Waals surface area contributed by atoms with Crippen LogP contribution in [0.15, 0.2) is 20.5 Å². The Morgan fingerprint density at radius 2 is 1.77 bits per heavy atom. The minimum Gasteiger partial charge on any atom is -0.147 e. The van der Waals surface area contributed by atoms with E-state index in [4.69, 9.17) is 0 Å². The molecule has 1 aliphatic rings. The Morgan fingerprint density at radius 3 is 2.08 bits per heavy atom. The van der Waals surface area contributed by atoms with E-state index in [-0.39, 0.29) is 47.6 Å². The molecule has 0 radical (unpaired) electrons. The third kappa shape index (κ3) is 4.72. The summed E-state index contributed by atoms with van der Waals surface area (Å²) >= 11 is -0.283. The van der Waals surface area contributed by atoms with Crippen LogP contribution in [0.25, 0.3) is 0 Å². The van der Waals surface area contributed by atoms with Gasteiger partial charge >= 0.3 is 80.6 Å². The van der Waals surface area contributed by atoms with Crippen LogP contribution < -0.4 is 0 Å². The first-order valence-corrected chi connectivity index (χ1v) is 6.51. The average molecular weight is 299 g/mol. The first kappa shape index (κ1) is 16.3. The van der Waals surface area contributed by atoms with Gasteiger partial charge < -0.3 is 0 Å². The van der Waals surface area contributed by atoms with Crippen LogP contribution in [0, 0.1) is 0 Å². The van der Waals surface area contributed by atoms with Crippen molar-refractivity contribution in [2.45, 2.75) is 34.1 Å². The van der Waals surface area contributed by atoms with Crippen LogP contribution in [0.5, 0.6) is 0 Å². The molecule has 0 heterocycles. The van der Waals surface area contributed by atoms with Crippen LogP contribution in [0.1, 0.15) is 34.1 Å². The molecule has 0 saturated heterocycles. The minimum absolute atomic E-state index is 0. The van der Waals surface area contributed by atoms with E-state index in [0.29, 0.717) is 0 Å². The maximum atomic E-state index is 2.37. The zero-order valence-electron chi connectivity index (χ0n) is 8.60. The molecule has 3 heteroatoms. The van der Waals surface area contributed by atoms with E-state index < -0.39 is 0 Å². The molecule has 0 nitrogen and oxygen atoms in total. The SMILES string of the molecule is CC1=CC[C]([Zr]=[C](C)C)=C1C.Cl.Cl. The van der Waals surface area contributed by atoms with Gasteiger partial charge in [-0.05, 0) is 0 Å². The van der Waals surface area contributed by atoms with Gasteiger partial charge in [-0.2, -0.15) is 0 Å². The number of rotatable bonds is 1. The first-order chi connectivity index (χ1) is 5.11. The Kier molecular flexibility index (Phi) is 8.94. The molecule has 1 aliphatic carbocycles. The Bertz CT molecular complexity index is 258. The van der Waals surface area contributed by atoms with Gasteiger partial charge in [0.25, 0.3) is 0 Å². The largest absolute Gasteiger partial charge is 0.147 e. The zero-order valence-corrected chi connectivity index (χ0v) is 12.7. The van der Waals surface area contributed by atoms with Crippen molar-refractivity contribution in [2.75, 3.05) is 0 Å². The number of hydrogen-bond donors (Lipinski definition) is 0. The van der Waals surface area contributed by atoms with Crippen LogP contribution in [0.4, 0.5) is 0 Å². The van der Waals surface area contributed by atoms with Crippen molar-refractivity contribution in [3.05, 3.63) is 20.5 Å². The third-order valence-electron chi connectivity index (χ3n) is 2.06. The molecule has 0 aromatic rings. The van der Waals surface area contributed by atoms with Crippen LogP contribution in [-0.2, 0) is 22.8 Å². The summed E-state index contributed by atoms with van der Waals surface area (Å²) < 4.78 is 3.47. The molecule has 1 rings (SSSR count). The van der Waals surface area contributed by atoms with Gasteiger partial charge in [-0.15, -0.1) is 24.8 Å². The summed E-state index contributed by atoms with van der Waals surface area (Å²) in [5, 5.41) is 0. The molecule has 0 amide bonds. The van der Waals surface area contributed by atoms with Crippen molar-refractivity contribution < 1.29 is 22.8 Å². The van der Waals surface area contributed by atoms with E-state index in [0.717, 1.165) is 0 Å². The number of allylic oxidation sites excluding steroid dienone is 4. The molecule has 0 N–H and O–H groups in total. The Morgan fingerprint density at radius 1 is 1.23 bits per heavy atom. The second-order valence-corrected chi connectivity index (χ2v) is 7.88. The van der Waals surface area contributed by atoms with Crippen LogP contribution >= 0.6 is 24.8 Å². The molecule has 0 unspecified atom stereocenters. The molecule has 0 bridgehead atoms. The average Bonchev–Trinajstić information content (AvgIpc) is 2.18. The maximum absolute atomic E-state index is 2.37. The summed E-state index contributed by atoms with van der Waals surface area (Å²) in [4.78, 5) is 0. The standard InChI is InChI=1S/C7H9.C3H6.2ClH.Zr/c1-6-4-3-5-7(6)2;1-3-2;;;/h4H,3H2,1-2H3;1-2H3;2*1H;. The predicted molar refractivity (Wildman–Crippen MR) is 61.9 cm³/mol. The molecular formula is C10H17Cl2Zr. The summed E-state index contributed by atoms with van der Waals surface area (Å²) in [7, 11) is 0. The molecule has 13 heavy (non-hydrogen) atoms. The van der Waals surface area contributed by atoms with E-state index in [2.05, 4.69) is 33.8 Å². The molecule has 0 aromatic heterocycles. The Labute approximate surface area is 105 Å². The van der Waals surface area contributed by atoms with Gasteiger partial charge in [-0.25, -0.2) is 0 Å². The first-order valence-electron chi connectivity index (χ1n) is 4.05. The van der Waals surface area contributed by atoms with Crippen molar-refractivity contribution in [2.24, 2.45) is 0 Å². The smallest absolute Gasteiger partial charge is 0.147 e. The van der Waals surface area contributed by atoms with Gasteiger partial charge in [0.2, 0.25) is 0 Å². The normalized spacial score (nSPS) is 14.0. The number of halogens is 2. The number of hydrogen-bond acceptors (Lipinski definition) is 0. The van der Waals surface area contributed by atoms with Gasteiger partial charge in [0, 0.05) is 0 Å². The Balaban J connectivity index is 0. The molecule has 75 valence electrons. The Hall–Kier alpha value is 0.813. The molecule has 0 aliphatic heterocycles. The van der Waals surface area contributed by atoms with Crippen LogP contribution in [-0.4, -0.2) is 3.21 Å². The molecule has 0 saturated carbocycles. The summed E-state index contributed by atoms with van der Waals surface area (Å²) in [6.45, 7) is 9.06. The summed E-state index contributed by atoms with van der Waals surface area (Å²) in [5.74, 6) is 0. The van der Waals surface area contributed by atoms with Crippen molar-refractivity contribution in [1.82, 2.24) is 0 Å². The summed E-state index contributed by atoms with van der Waals surface area (Å²) in [6, 6.07) is 0. The van der Waals surface area contributed by atoms with E-state index in [1.165, 1.54) is 12.0 Å². The van der Waals surface area contributed by atoms with Gasteiger partial charge in [0.15, 0.2) is 0 Å². The van der Waals surface area contributed by atoms with Crippen molar-refractivity contribution in [3.8, 4) is 0 Å². The predicted octanol–water partition coefficient (Wildman–Crippen LogP) is 3.75. The van der Waals surface area contributed by atoms with Crippen molar-refractivity contribution >= 4 is 28.0 Å². The molecule has 0 aromatic carbocycles. The van der Waals surface area contributed by atoms with E-state index in [1.54, 1.807) is 12.1 Å². The van der Waals surface area contributed by atoms with Crippen LogP contribution in [0.2, 0.25) is 0 Å². The molecule has 0 spiro atoms. The van der Waals surface area contributed by atoms with E-state index in [1.807, 2.05) is 0 Å². The topological polar surface area (TPSA) is 0 Å². The van der Waals surface area contributed by atoms with Crippen molar-refractivity contribution in [1.29, 1.82) is 0 Å². The monoisotopic (exact) mass is 297 g/mol. The fourth-order valence-electron chi connectivity index (χ4n) is 1.25. The second kappa shape index (κ2) is 7.15. The molecule has 0 fully saturated rings. The van der Waals surface area contributed by atoms with E-state index >= 15 is 0 Å². The molecular weight excluding hydrogens is 282 g/mol. The van der Waals surface area contributed by atoms with Gasteiger partial charge in [0.05, 0.1) is 0 Å². The van der Waals surface area contributed by atoms with Gasteiger partial charge in [-0.1, -0.05) is 0 Å².